The summed E-state index contributed by atoms with van der Waals surface area (Å²) in [6, 6.07) is 0.744. The fourth-order valence-corrected chi connectivity index (χ4v) is 4.20. The van der Waals surface area contributed by atoms with Crippen LogP contribution in [0.15, 0.2) is 0 Å². The van der Waals surface area contributed by atoms with Crippen LogP contribution in [0.2, 0.25) is 0 Å². The monoisotopic (exact) mass is 294 g/mol. The van der Waals surface area contributed by atoms with Gasteiger partial charge in [0.05, 0.1) is 0 Å². The van der Waals surface area contributed by atoms with Gasteiger partial charge in [0, 0.05) is 6.04 Å². The zero-order valence-electron chi connectivity index (χ0n) is 15.0. The summed E-state index contributed by atoms with van der Waals surface area (Å²) in [5, 5.41) is 0. The number of hydrogen-bond acceptors (Lipinski definition) is 2. The van der Waals surface area contributed by atoms with Gasteiger partial charge in [-0.05, 0) is 103 Å². The molecule has 2 heteroatoms. The summed E-state index contributed by atoms with van der Waals surface area (Å²) >= 11 is 0. The lowest BCUT2D eigenvalue weighted by Crippen LogP contribution is -2.39. The van der Waals surface area contributed by atoms with Gasteiger partial charge in [0.15, 0.2) is 0 Å². The molecule has 2 aliphatic rings. The van der Waals surface area contributed by atoms with E-state index in [1.54, 1.807) is 0 Å². The minimum absolute atomic E-state index is 0.744. The van der Waals surface area contributed by atoms with Crippen LogP contribution in [0.1, 0.15) is 66.2 Å². The normalized spacial score (nSPS) is 24.3. The second kappa shape index (κ2) is 8.53. The molecular formula is C19H38N2. The molecule has 2 saturated heterocycles. The Bertz CT molecular complexity index is 243. The summed E-state index contributed by atoms with van der Waals surface area (Å²) in [6.45, 7) is 16.2. The zero-order valence-corrected chi connectivity index (χ0v) is 15.0. The molecule has 0 N–H and O–H groups in total. The van der Waals surface area contributed by atoms with Crippen molar-refractivity contribution in [2.24, 2.45) is 17.8 Å². The zero-order chi connectivity index (χ0) is 15.2. The van der Waals surface area contributed by atoms with E-state index in [1.807, 2.05) is 0 Å². The van der Waals surface area contributed by atoms with E-state index in [0.717, 1.165) is 23.8 Å². The Morgan fingerprint density at radius 1 is 0.857 bits per heavy atom. The standard InChI is InChI=1S/C19H38N2/c1-16(2)19-9-12-20(13-10-19)11-5-6-18-7-14-21(15-8-18)17(3)4/h16-19H,5-15H2,1-4H3. The molecular weight excluding hydrogens is 256 g/mol. The molecule has 2 fully saturated rings. The van der Waals surface area contributed by atoms with Gasteiger partial charge >= 0.3 is 0 Å². The van der Waals surface area contributed by atoms with Crippen molar-refractivity contribution >= 4 is 0 Å². The van der Waals surface area contributed by atoms with Crippen molar-refractivity contribution in [1.82, 2.24) is 9.80 Å². The van der Waals surface area contributed by atoms with Crippen molar-refractivity contribution in [3.05, 3.63) is 0 Å². The van der Waals surface area contributed by atoms with E-state index in [9.17, 15) is 0 Å². The maximum atomic E-state index is 2.72. The largest absolute Gasteiger partial charge is 0.303 e. The van der Waals surface area contributed by atoms with Crippen LogP contribution in [0.3, 0.4) is 0 Å². The van der Waals surface area contributed by atoms with Crippen LogP contribution in [0, 0.1) is 17.8 Å². The van der Waals surface area contributed by atoms with Crippen LogP contribution < -0.4 is 0 Å². The predicted molar refractivity (Wildman–Crippen MR) is 92.7 cm³/mol. The van der Waals surface area contributed by atoms with Crippen LogP contribution in [0.25, 0.3) is 0 Å². The molecule has 21 heavy (non-hydrogen) atoms. The summed E-state index contributed by atoms with van der Waals surface area (Å²) in [7, 11) is 0. The number of piperidine rings is 2. The van der Waals surface area contributed by atoms with Crippen molar-refractivity contribution in [3.63, 3.8) is 0 Å². The molecule has 0 amide bonds. The summed E-state index contributed by atoms with van der Waals surface area (Å²) in [5.74, 6) is 2.88. The van der Waals surface area contributed by atoms with Crippen LogP contribution >= 0.6 is 0 Å². The van der Waals surface area contributed by atoms with Crippen molar-refractivity contribution in [2.75, 3.05) is 32.7 Å². The van der Waals surface area contributed by atoms with Gasteiger partial charge in [0.2, 0.25) is 0 Å². The van der Waals surface area contributed by atoms with Gasteiger partial charge in [-0.1, -0.05) is 13.8 Å². The van der Waals surface area contributed by atoms with Crippen LogP contribution in [-0.2, 0) is 0 Å². The smallest absolute Gasteiger partial charge is 0.00385 e. The molecule has 0 aromatic heterocycles. The second-order valence-corrected chi connectivity index (χ2v) is 8.14. The van der Waals surface area contributed by atoms with Crippen LogP contribution in [0.4, 0.5) is 0 Å². The highest BCUT2D eigenvalue weighted by Crippen LogP contribution is 2.26. The van der Waals surface area contributed by atoms with Crippen LogP contribution in [0.5, 0.6) is 0 Å². The van der Waals surface area contributed by atoms with Gasteiger partial charge in [-0.15, -0.1) is 0 Å². The van der Waals surface area contributed by atoms with E-state index >= 15 is 0 Å². The SMILES string of the molecule is CC(C)C1CCN(CCCC2CCN(C(C)C)CC2)CC1. The first-order valence-corrected chi connectivity index (χ1v) is 9.52. The fourth-order valence-electron chi connectivity index (χ4n) is 4.20. The summed E-state index contributed by atoms with van der Waals surface area (Å²) in [5.41, 5.74) is 0. The Kier molecular flexibility index (Phi) is 7.01. The van der Waals surface area contributed by atoms with E-state index in [4.69, 9.17) is 0 Å². The lowest BCUT2D eigenvalue weighted by molar-refractivity contribution is 0.132. The molecule has 0 bridgehead atoms. The van der Waals surface area contributed by atoms with E-state index in [0.29, 0.717) is 0 Å². The van der Waals surface area contributed by atoms with E-state index in [1.165, 1.54) is 71.2 Å². The van der Waals surface area contributed by atoms with Gasteiger partial charge in [0.25, 0.3) is 0 Å². The van der Waals surface area contributed by atoms with Crippen molar-refractivity contribution in [2.45, 2.75) is 72.3 Å². The molecule has 0 unspecified atom stereocenters. The minimum Gasteiger partial charge on any atom is -0.303 e. The first-order chi connectivity index (χ1) is 10.1. The topological polar surface area (TPSA) is 6.48 Å². The Hall–Kier alpha value is -0.0800. The Morgan fingerprint density at radius 2 is 1.48 bits per heavy atom. The number of hydrogen-bond donors (Lipinski definition) is 0. The third kappa shape index (κ3) is 5.56. The molecule has 0 atom stereocenters. The Labute approximate surface area is 133 Å². The molecule has 0 aromatic carbocycles. The molecule has 2 rings (SSSR count). The average Bonchev–Trinajstić information content (AvgIpc) is 2.48. The number of likely N-dealkylation sites (tertiary alicyclic amines) is 2. The first kappa shape index (κ1) is 17.3. The molecule has 124 valence electrons. The minimum atomic E-state index is 0.744. The molecule has 0 aromatic rings. The second-order valence-electron chi connectivity index (χ2n) is 8.14. The van der Waals surface area contributed by atoms with Gasteiger partial charge < -0.3 is 9.80 Å². The van der Waals surface area contributed by atoms with Crippen molar-refractivity contribution in [1.29, 1.82) is 0 Å². The molecule has 2 heterocycles. The number of rotatable bonds is 6. The molecule has 2 nitrogen and oxygen atoms in total. The highest BCUT2D eigenvalue weighted by atomic mass is 15.1. The maximum absolute atomic E-state index is 2.72. The molecule has 0 spiro atoms. The van der Waals surface area contributed by atoms with E-state index in [-0.39, 0.29) is 0 Å². The molecule has 0 aliphatic carbocycles. The quantitative estimate of drug-likeness (QED) is 0.722. The summed E-state index contributed by atoms with van der Waals surface area (Å²) < 4.78 is 0. The Morgan fingerprint density at radius 3 is 2.00 bits per heavy atom. The summed E-state index contributed by atoms with van der Waals surface area (Å²) in [4.78, 5) is 5.37. The van der Waals surface area contributed by atoms with E-state index < -0.39 is 0 Å². The average molecular weight is 295 g/mol. The van der Waals surface area contributed by atoms with Crippen molar-refractivity contribution < 1.29 is 0 Å². The molecule has 0 saturated carbocycles. The van der Waals surface area contributed by atoms with Crippen molar-refractivity contribution in [3.8, 4) is 0 Å². The molecule has 2 aliphatic heterocycles. The Balaban J connectivity index is 1.55. The number of nitrogens with zero attached hydrogens (tertiary/aromatic N) is 2. The first-order valence-electron chi connectivity index (χ1n) is 9.52. The fraction of sp³-hybridized carbons (Fsp3) is 1.00. The van der Waals surface area contributed by atoms with Gasteiger partial charge in [-0.2, -0.15) is 0 Å². The third-order valence-electron chi connectivity index (χ3n) is 6.04. The highest BCUT2D eigenvalue weighted by molar-refractivity contribution is 4.77. The third-order valence-corrected chi connectivity index (χ3v) is 6.04. The van der Waals surface area contributed by atoms with Gasteiger partial charge in [-0.25, -0.2) is 0 Å². The maximum Gasteiger partial charge on any atom is 0.00385 e. The lowest BCUT2D eigenvalue weighted by Gasteiger charge is -2.36. The predicted octanol–water partition coefficient (Wildman–Crippen LogP) is 4.26. The van der Waals surface area contributed by atoms with Gasteiger partial charge in [0.1, 0.15) is 0 Å². The van der Waals surface area contributed by atoms with Gasteiger partial charge in [-0.3, -0.25) is 0 Å². The van der Waals surface area contributed by atoms with E-state index in [2.05, 4.69) is 37.5 Å². The van der Waals surface area contributed by atoms with Crippen LogP contribution in [-0.4, -0.2) is 48.6 Å². The lowest BCUT2D eigenvalue weighted by atomic mass is 9.86. The summed E-state index contributed by atoms with van der Waals surface area (Å²) in [6.07, 6.45) is 8.64. The molecule has 0 radical (unpaired) electrons. The highest BCUT2D eigenvalue weighted by Gasteiger charge is 2.23.